The van der Waals surface area contributed by atoms with Crippen molar-refractivity contribution in [2.45, 2.75) is 13.5 Å². The monoisotopic (exact) mass is 299 g/mol. The number of hydrogen-bond acceptors (Lipinski definition) is 3. The molecule has 21 heavy (non-hydrogen) atoms. The van der Waals surface area contributed by atoms with Gasteiger partial charge in [0.2, 0.25) is 0 Å². The molecule has 0 radical (unpaired) electrons. The first-order chi connectivity index (χ1) is 10.1. The van der Waals surface area contributed by atoms with Gasteiger partial charge in [-0.05, 0) is 47.5 Å². The molecule has 3 rings (SSSR count). The van der Waals surface area contributed by atoms with Crippen LogP contribution in [0.1, 0.15) is 21.7 Å². The molecule has 0 fully saturated rings. The number of rotatable bonds is 3. The lowest BCUT2D eigenvalue weighted by Gasteiger charge is -2.16. The molecule has 0 saturated carbocycles. The van der Waals surface area contributed by atoms with E-state index >= 15 is 0 Å². The number of nitrogens with zero attached hydrogens (tertiary/aromatic N) is 3. The van der Waals surface area contributed by atoms with Gasteiger partial charge in [-0.1, -0.05) is 0 Å². The van der Waals surface area contributed by atoms with Crippen molar-refractivity contribution in [1.29, 1.82) is 0 Å². The fourth-order valence-electron chi connectivity index (χ4n) is 2.40. The van der Waals surface area contributed by atoms with Gasteiger partial charge in [-0.3, -0.25) is 4.79 Å². The molecule has 2 heterocycles. The molecule has 0 bridgehead atoms. The molecule has 3 aromatic rings. The fraction of sp³-hybridized carbons (Fsp3) is 0.250. The highest BCUT2D eigenvalue weighted by Crippen LogP contribution is 2.18. The SMILES string of the molecule is Cc1nc2cc(C(=O)N(C)Cc3ccsc3)ccc2n1C. The molecule has 0 spiro atoms. The molecule has 0 N–H and O–H groups in total. The van der Waals surface area contributed by atoms with Crippen LogP contribution in [0.5, 0.6) is 0 Å². The summed E-state index contributed by atoms with van der Waals surface area (Å²) >= 11 is 1.64. The Morgan fingerprint density at radius 3 is 2.90 bits per heavy atom. The normalized spacial score (nSPS) is 11.0. The largest absolute Gasteiger partial charge is 0.337 e. The third-order valence-electron chi connectivity index (χ3n) is 3.70. The number of benzene rings is 1. The lowest BCUT2D eigenvalue weighted by molar-refractivity contribution is 0.0785. The summed E-state index contributed by atoms with van der Waals surface area (Å²) in [4.78, 5) is 18.7. The van der Waals surface area contributed by atoms with Gasteiger partial charge < -0.3 is 9.47 Å². The minimum Gasteiger partial charge on any atom is -0.337 e. The van der Waals surface area contributed by atoms with Crippen LogP contribution in [0.4, 0.5) is 0 Å². The predicted molar refractivity (Wildman–Crippen MR) is 85.6 cm³/mol. The van der Waals surface area contributed by atoms with E-state index in [9.17, 15) is 4.79 Å². The third-order valence-corrected chi connectivity index (χ3v) is 4.43. The van der Waals surface area contributed by atoms with E-state index in [4.69, 9.17) is 0 Å². The van der Waals surface area contributed by atoms with Crippen LogP contribution in [0, 0.1) is 6.92 Å². The van der Waals surface area contributed by atoms with Crippen LogP contribution in [0.15, 0.2) is 35.0 Å². The molecule has 5 heteroatoms. The van der Waals surface area contributed by atoms with E-state index < -0.39 is 0 Å². The number of carbonyl (C=O) groups excluding carboxylic acids is 1. The van der Waals surface area contributed by atoms with Gasteiger partial charge in [0.05, 0.1) is 11.0 Å². The molecule has 0 atom stereocenters. The van der Waals surface area contributed by atoms with Crippen LogP contribution in [0.2, 0.25) is 0 Å². The quantitative estimate of drug-likeness (QED) is 0.745. The van der Waals surface area contributed by atoms with E-state index in [1.165, 1.54) is 0 Å². The predicted octanol–water partition coefficient (Wildman–Crippen LogP) is 3.22. The van der Waals surface area contributed by atoms with Gasteiger partial charge >= 0.3 is 0 Å². The Hall–Kier alpha value is -2.14. The van der Waals surface area contributed by atoms with E-state index in [1.807, 2.05) is 55.2 Å². The van der Waals surface area contributed by atoms with Gasteiger partial charge in [0, 0.05) is 26.2 Å². The number of aryl methyl sites for hydroxylation is 2. The highest BCUT2D eigenvalue weighted by atomic mass is 32.1. The maximum absolute atomic E-state index is 12.5. The first kappa shape index (κ1) is 13.8. The summed E-state index contributed by atoms with van der Waals surface area (Å²) in [5.74, 6) is 0.965. The van der Waals surface area contributed by atoms with Crippen LogP contribution in [-0.2, 0) is 13.6 Å². The van der Waals surface area contributed by atoms with Crippen LogP contribution in [0.25, 0.3) is 11.0 Å². The molecule has 1 aromatic carbocycles. The standard InChI is InChI=1S/C16H17N3OS/c1-11-17-14-8-13(4-5-15(14)19(11)3)16(20)18(2)9-12-6-7-21-10-12/h4-8,10H,9H2,1-3H3. The highest BCUT2D eigenvalue weighted by molar-refractivity contribution is 7.07. The zero-order chi connectivity index (χ0) is 15.0. The molecule has 4 nitrogen and oxygen atoms in total. The van der Waals surface area contributed by atoms with E-state index in [-0.39, 0.29) is 5.91 Å². The van der Waals surface area contributed by atoms with E-state index in [0.29, 0.717) is 12.1 Å². The van der Waals surface area contributed by atoms with Gasteiger partial charge in [-0.2, -0.15) is 11.3 Å². The Bertz CT molecular complexity index is 789. The van der Waals surface area contributed by atoms with Crippen LogP contribution < -0.4 is 0 Å². The zero-order valence-electron chi connectivity index (χ0n) is 12.3. The van der Waals surface area contributed by atoms with E-state index in [0.717, 1.165) is 22.4 Å². The summed E-state index contributed by atoms with van der Waals surface area (Å²) in [6, 6.07) is 7.74. The lowest BCUT2D eigenvalue weighted by atomic mass is 10.1. The van der Waals surface area contributed by atoms with Crippen LogP contribution in [0.3, 0.4) is 0 Å². The Kier molecular flexibility index (Phi) is 3.51. The van der Waals surface area contributed by atoms with Gasteiger partial charge in [0.15, 0.2) is 0 Å². The summed E-state index contributed by atoms with van der Waals surface area (Å²) in [5.41, 5.74) is 3.75. The van der Waals surface area contributed by atoms with Crippen molar-refractivity contribution >= 4 is 28.3 Å². The Labute approximate surface area is 127 Å². The third kappa shape index (κ3) is 2.56. The van der Waals surface area contributed by atoms with Crippen LogP contribution >= 0.6 is 11.3 Å². The second-order valence-corrected chi connectivity index (χ2v) is 5.99. The average Bonchev–Trinajstić information content (AvgIpc) is 3.07. The molecule has 0 unspecified atom stereocenters. The minimum atomic E-state index is 0.0198. The van der Waals surface area contributed by atoms with Crippen LogP contribution in [-0.4, -0.2) is 27.4 Å². The molecule has 2 aromatic heterocycles. The van der Waals surface area contributed by atoms with Gasteiger partial charge in [0.25, 0.3) is 5.91 Å². The van der Waals surface area contributed by atoms with Crippen molar-refractivity contribution in [3.63, 3.8) is 0 Å². The molecule has 1 amide bonds. The van der Waals surface area contributed by atoms with Gasteiger partial charge in [-0.15, -0.1) is 0 Å². The Morgan fingerprint density at radius 2 is 2.19 bits per heavy atom. The van der Waals surface area contributed by atoms with Gasteiger partial charge in [0.1, 0.15) is 5.82 Å². The van der Waals surface area contributed by atoms with E-state index in [2.05, 4.69) is 10.4 Å². The molecule has 0 aliphatic carbocycles. The second-order valence-electron chi connectivity index (χ2n) is 5.21. The number of aromatic nitrogens is 2. The van der Waals surface area contributed by atoms with Crippen molar-refractivity contribution in [3.05, 3.63) is 52.0 Å². The van der Waals surface area contributed by atoms with Crippen molar-refractivity contribution in [1.82, 2.24) is 14.5 Å². The number of imidazole rings is 1. The van der Waals surface area contributed by atoms with Gasteiger partial charge in [-0.25, -0.2) is 4.98 Å². The van der Waals surface area contributed by atoms with E-state index in [1.54, 1.807) is 16.2 Å². The summed E-state index contributed by atoms with van der Waals surface area (Å²) in [5, 5.41) is 4.09. The topological polar surface area (TPSA) is 38.1 Å². The zero-order valence-corrected chi connectivity index (χ0v) is 13.1. The Balaban J connectivity index is 1.87. The molecular weight excluding hydrogens is 282 g/mol. The number of fused-ring (bicyclic) bond motifs is 1. The summed E-state index contributed by atoms with van der Waals surface area (Å²) in [6.07, 6.45) is 0. The number of thiophene rings is 1. The van der Waals surface area contributed by atoms with Crippen molar-refractivity contribution in [3.8, 4) is 0 Å². The summed E-state index contributed by atoms with van der Waals surface area (Å²) in [7, 11) is 3.81. The Morgan fingerprint density at radius 1 is 1.38 bits per heavy atom. The number of carbonyl (C=O) groups is 1. The second kappa shape index (κ2) is 5.33. The fourth-order valence-corrected chi connectivity index (χ4v) is 3.06. The molecular formula is C16H17N3OS. The average molecular weight is 299 g/mol. The summed E-state index contributed by atoms with van der Waals surface area (Å²) in [6.45, 7) is 2.59. The maximum atomic E-state index is 12.5. The summed E-state index contributed by atoms with van der Waals surface area (Å²) < 4.78 is 2.03. The van der Waals surface area contributed by atoms with Crippen molar-refractivity contribution in [2.75, 3.05) is 7.05 Å². The molecule has 108 valence electrons. The maximum Gasteiger partial charge on any atom is 0.253 e. The lowest BCUT2D eigenvalue weighted by Crippen LogP contribution is -2.25. The number of amides is 1. The van der Waals surface area contributed by atoms with Crippen molar-refractivity contribution in [2.24, 2.45) is 7.05 Å². The minimum absolute atomic E-state index is 0.0198. The molecule has 0 aliphatic rings. The smallest absolute Gasteiger partial charge is 0.253 e. The highest BCUT2D eigenvalue weighted by Gasteiger charge is 2.14. The molecule has 0 aliphatic heterocycles. The first-order valence-electron chi connectivity index (χ1n) is 6.76. The molecule has 0 saturated heterocycles. The van der Waals surface area contributed by atoms with Crippen molar-refractivity contribution < 1.29 is 4.79 Å². The number of hydrogen-bond donors (Lipinski definition) is 0. The first-order valence-corrected chi connectivity index (χ1v) is 7.70.